The molecule has 1 aliphatic carbocycles. The molecule has 1 aliphatic heterocycles. The Bertz CT molecular complexity index is 273. The number of hydrogen-bond donors (Lipinski definition) is 1. The monoisotopic (exact) mass is 294 g/mol. The Balaban J connectivity index is 1.77. The minimum absolute atomic E-state index is 0.590. The van der Waals surface area contributed by atoms with Crippen molar-refractivity contribution in [3.8, 4) is 0 Å². The highest BCUT2D eigenvalue weighted by Crippen LogP contribution is 2.39. The Kier molecular flexibility index (Phi) is 7.01. The number of piperidine rings is 1. The van der Waals surface area contributed by atoms with Crippen molar-refractivity contribution in [3.05, 3.63) is 0 Å². The third kappa shape index (κ3) is 5.56. The molecule has 1 saturated carbocycles. The third-order valence-corrected chi connectivity index (χ3v) is 5.68. The van der Waals surface area contributed by atoms with Crippen LogP contribution in [0.5, 0.6) is 0 Å². The molecule has 0 aromatic rings. The maximum Gasteiger partial charge on any atom is 0.00501 e. The van der Waals surface area contributed by atoms with E-state index in [0.29, 0.717) is 5.41 Å². The van der Waals surface area contributed by atoms with Gasteiger partial charge in [0.05, 0.1) is 0 Å². The summed E-state index contributed by atoms with van der Waals surface area (Å²) >= 11 is 0. The molecule has 0 bridgehead atoms. The van der Waals surface area contributed by atoms with Crippen LogP contribution in [0.2, 0.25) is 0 Å². The fraction of sp³-hybridized carbons (Fsp3) is 1.00. The molecule has 1 N–H and O–H groups in total. The summed E-state index contributed by atoms with van der Waals surface area (Å²) < 4.78 is 0. The summed E-state index contributed by atoms with van der Waals surface area (Å²) in [7, 11) is 0. The van der Waals surface area contributed by atoms with Crippen LogP contribution in [0, 0.1) is 17.3 Å². The van der Waals surface area contributed by atoms with Gasteiger partial charge in [0.25, 0.3) is 0 Å². The summed E-state index contributed by atoms with van der Waals surface area (Å²) in [5.41, 5.74) is 0.590. The molecule has 0 unspecified atom stereocenters. The maximum absolute atomic E-state index is 3.76. The second-order valence-corrected chi connectivity index (χ2v) is 8.24. The first-order valence-corrected chi connectivity index (χ1v) is 9.56. The fourth-order valence-electron chi connectivity index (χ4n) is 4.46. The highest BCUT2D eigenvalue weighted by Gasteiger charge is 2.36. The van der Waals surface area contributed by atoms with Crippen molar-refractivity contribution >= 4 is 0 Å². The quantitative estimate of drug-likeness (QED) is 0.718. The van der Waals surface area contributed by atoms with Gasteiger partial charge in [0.2, 0.25) is 0 Å². The SMILES string of the molecule is CCCC1CCN(CC2(CNCC(C)C)CCCC2)CC1. The van der Waals surface area contributed by atoms with Crippen LogP contribution in [0.25, 0.3) is 0 Å². The number of rotatable bonds is 8. The Morgan fingerprint density at radius 3 is 2.38 bits per heavy atom. The van der Waals surface area contributed by atoms with Gasteiger partial charge in [-0.25, -0.2) is 0 Å². The smallest absolute Gasteiger partial charge is 0.00501 e. The Morgan fingerprint density at radius 2 is 1.81 bits per heavy atom. The normalized spacial score (nSPS) is 24.0. The Labute approximate surface area is 133 Å². The number of likely N-dealkylation sites (tertiary alicyclic amines) is 1. The van der Waals surface area contributed by atoms with E-state index in [9.17, 15) is 0 Å². The van der Waals surface area contributed by atoms with E-state index in [-0.39, 0.29) is 0 Å². The van der Waals surface area contributed by atoms with E-state index in [0.717, 1.165) is 11.8 Å². The molecule has 2 heteroatoms. The summed E-state index contributed by atoms with van der Waals surface area (Å²) in [5, 5.41) is 3.76. The van der Waals surface area contributed by atoms with Crippen molar-refractivity contribution in [1.82, 2.24) is 10.2 Å². The minimum atomic E-state index is 0.590. The van der Waals surface area contributed by atoms with Crippen molar-refractivity contribution in [2.75, 3.05) is 32.7 Å². The van der Waals surface area contributed by atoms with Crippen LogP contribution < -0.4 is 5.32 Å². The van der Waals surface area contributed by atoms with E-state index in [4.69, 9.17) is 0 Å². The van der Waals surface area contributed by atoms with Crippen LogP contribution in [0.1, 0.15) is 72.1 Å². The van der Waals surface area contributed by atoms with E-state index >= 15 is 0 Å². The Morgan fingerprint density at radius 1 is 1.14 bits per heavy atom. The number of hydrogen-bond acceptors (Lipinski definition) is 2. The zero-order valence-electron chi connectivity index (χ0n) is 14.8. The first-order chi connectivity index (χ1) is 10.1. The highest BCUT2D eigenvalue weighted by molar-refractivity contribution is 4.90. The molecule has 2 rings (SSSR count). The molecule has 0 spiro atoms. The van der Waals surface area contributed by atoms with E-state index in [1.807, 2.05) is 0 Å². The summed E-state index contributed by atoms with van der Waals surface area (Å²) in [4.78, 5) is 2.79. The lowest BCUT2D eigenvalue weighted by molar-refractivity contribution is 0.107. The topological polar surface area (TPSA) is 15.3 Å². The highest BCUT2D eigenvalue weighted by atomic mass is 15.1. The lowest BCUT2D eigenvalue weighted by Crippen LogP contribution is -2.45. The molecule has 2 aliphatic rings. The van der Waals surface area contributed by atoms with Crippen LogP contribution in [-0.2, 0) is 0 Å². The summed E-state index contributed by atoms with van der Waals surface area (Å²) in [6.45, 7) is 13.5. The second kappa shape index (κ2) is 8.53. The van der Waals surface area contributed by atoms with Crippen LogP contribution in [-0.4, -0.2) is 37.6 Å². The first-order valence-electron chi connectivity index (χ1n) is 9.56. The lowest BCUT2D eigenvalue weighted by atomic mass is 9.83. The van der Waals surface area contributed by atoms with Gasteiger partial charge in [0.1, 0.15) is 0 Å². The Hall–Kier alpha value is -0.0800. The van der Waals surface area contributed by atoms with E-state index in [2.05, 4.69) is 31.0 Å². The van der Waals surface area contributed by atoms with Gasteiger partial charge in [0.15, 0.2) is 0 Å². The minimum Gasteiger partial charge on any atom is -0.316 e. The van der Waals surface area contributed by atoms with Gasteiger partial charge in [-0.1, -0.05) is 46.5 Å². The van der Waals surface area contributed by atoms with Gasteiger partial charge in [-0.15, -0.1) is 0 Å². The molecule has 21 heavy (non-hydrogen) atoms. The lowest BCUT2D eigenvalue weighted by Gasteiger charge is -2.39. The van der Waals surface area contributed by atoms with Gasteiger partial charge < -0.3 is 10.2 Å². The zero-order valence-corrected chi connectivity index (χ0v) is 14.8. The molecule has 0 amide bonds. The van der Waals surface area contributed by atoms with Crippen molar-refractivity contribution in [2.45, 2.75) is 72.1 Å². The third-order valence-electron chi connectivity index (χ3n) is 5.68. The molecule has 2 nitrogen and oxygen atoms in total. The molecule has 1 saturated heterocycles. The summed E-state index contributed by atoms with van der Waals surface area (Å²) in [5.74, 6) is 1.79. The van der Waals surface area contributed by atoms with Crippen LogP contribution in [0.4, 0.5) is 0 Å². The van der Waals surface area contributed by atoms with Crippen LogP contribution in [0.15, 0.2) is 0 Å². The predicted molar refractivity (Wildman–Crippen MR) is 92.7 cm³/mol. The van der Waals surface area contributed by atoms with Crippen LogP contribution in [0.3, 0.4) is 0 Å². The van der Waals surface area contributed by atoms with Crippen molar-refractivity contribution in [2.24, 2.45) is 17.3 Å². The molecule has 0 atom stereocenters. The molecule has 1 heterocycles. The summed E-state index contributed by atoms with van der Waals surface area (Å²) in [6.07, 6.45) is 11.5. The molecule has 0 radical (unpaired) electrons. The van der Waals surface area contributed by atoms with E-state index < -0.39 is 0 Å². The van der Waals surface area contributed by atoms with Crippen molar-refractivity contribution in [3.63, 3.8) is 0 Å². The molecule has 124 valence electrons. The first kappa shape index (κ1) is 17.3. The molecular formula is C19H38N2. The average Bonchev–Trinajstić information content (AvgIpc) is 2.90. The number of nitrogens with zero attached hydrogens (tertiary/aromatic N) is 1. The largest absolute Gasteiger partial charge is 0.316 e. The molecular weight excluding hydrogens is 256 g/mol. The number of nitrogens with one attached hydrogen (secondary N) is 1. The van der Waals surface area contributed by atoms with E-state index in [1.54, 1.807) is 0 Å². The molecule has 2 fully saturated rings. The summed E-state index contributed by atoms with van der Waals surface area (Å²) in [6, 6.07) is 0. The standard InChI is InChI=1S/C19H38N2/c1-4-7-18-8-12-21(13-9-18)16-19(10-5-6-11-19)15-20-14-17(2)3/h17-18,20H,4-16H2,1-3H3. The van der Waals surface area contributed by atoms with Gasteiger partial charge in [-0.05, 0) is 62.6 Å². The average molecular weight is 295 g/mol. The van der Waals surface area contributed by atoms with Gasteiger partial charge in [-0.2, -0.15) is 0 Å². The van der Waals surface area contributed by atoms with Gasteiger partial charge >= 0.3 is 0 Å². The maximum atomic E-state index is 3.76. The zero-order chi connectivity index (χ0) is 15.1. The van der Waals surface area contributed by atoms with Gasteiger partial charge in [-0.3, -0.25) is 0 Å². The van der Waals surface area contributed by atoms with Crippen LogP contribution >= 0.6 is 0 Å². The second-order valence-electron chi connectivity index (χ2n) is 8.24. The van der Waals surface area contributed by atoms with Crippen molar-refractivity contribution in [1.29, 1.82) is 0 Å². The molecule has 0 aromatic heterocycles. The predicted octanol–water partition coefficient (Wildman–Crippen LogP) is 4.30. The van der Waals surface area contributed by atoms with Gasteiger partial charge in [0, 0.05) is 13.1 Å². The van der Waals surface area contributed by atoms with E-state index in [1.165, 1.54) is 84.1 Å². The molecule has 0 aromatic carbocycles. The fourth-order valence-corrected chi connectivity index (χ4v) is 4.46. The van der Waals surface area contributed by atoms with Crippen molar-refractivity contribution < 1.29 is 0 Å².